The Morgan fingerprint density at radius 2 is 1.97 bits per heavy atom. The Hall–Kier alpha value is -2.04. The van der Waals surface area contributed by atoms with Crippen molar-refractivity contribution in [3.05, 3.63) is 12.0 Å². The molecule has 0 saturated heterocycles. The standard InChI is InChI=1S/C20H32N4O5Si/c1-27-19(26)20(28-2)8-6-14(7-9-20)16-22-17-15(18(25)23-16)12-21-24(17)13-29-10-11-30(3,4)5/h12,14H,6-11,13H2,1-5H3,(H,22,23,25). The molecule has 1 aliphatic rings. The quantitative estimate of drug-likeness (QED) is 0.382. The van der Waals surface area contributed by atoms with Gasteiger partial charge in [-0.15, -0.1) is 0 Å². The molecular weight excluding hydrogens is 404 g/mol. The van der Waals surface area contributed by atoms with Crippen LogP contribution in [0.4, 0.5) is 0 Å². The smallest absolute Gasteiger partial charge is 0.338 e. The van der Waals surface area contributed by atoms with E-state index in [1.807, 2.05) is 0 Å². The topological polar surface area (TPSA) is 109 Å². The van der Waals surface area contributed by atoms with Gasteiger partial charge in [0.2, 0.25) is 5.88 Å². The van der Waals surface area contributed by atoms with E-state index in [0.717, 1.165) is 6.04 Å². The number of carbonyl (C=O) groups excluding carboxylic acids is 1. The number of ether oxygens (including phenoxy) is 3. The monoisotopic (exact) mass is 436 g/mol. The molecule has 1 aliphatic carbocycles. The van der Waals surface area contributed by atoms with Crippen molar-refractivity contribution in [2.24, 2.45) is 0 Å². The SMILES string of the molecule is COC(=O)C1(OC)CCC(c2nc(O)c3cnn(COCC[Si](C)(C)C)c3n2)CC1. The van der Waals surface area contributed by atoms with E-state index in [0.29, 0.717) is 49.1 Å². The fourth-order valence-corrected chi connectivity index (χ4v) is 4.54. The van der Waals surface area contributed by atoms with E-state index in [2.05, 4.69) is 34.7 Å². The van der Waals surface area contributed by atoms with Gasteiger partial charge in [0, 0.05) is 27.7 Å². The molecule has 1 fully saturated rings. The second-order valence-corrected chi connectivity index (χ2v) is 14.7. The van der Waals surface area contributed by atoms with Gasteiger partial charge < -0.3 is 19.3 Å². The Morgan fingerprint density at radius 3 is 2.57 bits per heavy atom. The van der Waals surface area contributed by atoms with Crippen LogP contribution in [0.3, 0.4) is 0 Å². The normalized spacial score (nSPS) is 22.4. The number of nitrogens with zero attached hydrogens (tertiary/aromatic N) is 4. The Labute approximate surface area is 177 Å². The average molecular weight is 437 g/mol. The Bertz CT molecular complexity index is 887. The van der Waals surface area contributed by atoms with Gasteiger partial charge in [-0.2, -0.15) is 10.1 Å². The maximum atomic E-state index is 12.1. The highest BCUT2D eigenvalue weighted by Crippen LogP contribution is 2.40. The summed E-state index contributed by atoms with van der Waals surface area (Å²) in [5.41, 5.74) is -0.356. The minimum Gasteiger partial charge on any atom is -0.493 e. The molecule has 0 aromatic carbocycles. The number of carbonyl (C=O) groups is 1. The summed E-state index contributed by atoms with van der Waals surface area (Å²) in [5, 5.41) is 15.2. The number of rotatable bonds is 8. The van der Waals surface area contributed by atoms with Gasteiger partial charge in [0.15, 0.2) is 11.2 Å². The zero-order valence-corrected chi connectivity index (χ0v) is 19.5. The summed E-state index contributed by atoms with van der Waals surface area (Å²) in [6, 6.07) is 1.07. The lowest BCUT2D eigenvalue weighted by molar-refractivity contribution is -0.170. The van der Waals surface area contributed by atoms with Gasteiger partial charge in [0.05, 0.1) is 13.3 Å². The molecule has 2 aromatic heterocycles. The van der Waals surface area contributed by atoms with Gasteiger partial charge in [0.1, 0.15) is 17.9 Å². The van der Waals surface area contributed by atoms with Crippen molar-refractivity contribution in [3.63, 3.8) is 0 Å². The van der Waals surface area contributed by atoms with Crippen LogP contribution in [0, 0.1) is 0 Å². The molecule has 2 heterocycles. The Morgan fingerprint density at radius 1 is 1.27 bits per heavy atom. The minimum absolute atomic E-state index is 0.0180. The molecule has 9 nitrogen and oxygen atoms in total. The number of methoxy groups -OCH3 is 2. The van der Waals surface area contributed by atoms with Crippen LogP contribution in [0.15, 0.2) is 6.20 Å². The molecule has 0 spiro atoms. The number of fused-ring (bicyclic) bond motifs is 1. The molecule has 1 saturated carbocycles. The van der Waals surface area contributed by atoms with Crippen LogP contribution in [0.1, 0.15) is 37.4 Å². The van der Waals surface area contributed by atoms with Gasteiger partial charge in [-0.25, -0.2) is 14.5 Å². The predicted molar refractivity (Wildman–Crippen MR) is 114 cm³/mol. The maximum Gasteiger partial charge on any atom is 0.338 e. The molecule has 0 unspecified atom stereocenters. The molecule has 1 N–H and O–H groups in total. The van der Waals surface area contributed by atoms with Gasteiger partial charge in [0.25, 0.3) is 0 Å². The molecule has 30 heavy (non-hydrogen) atoms. The number of hydrogen-bond acceptors (Lipinski definition) is 8. The zero-order chi connectivity index (χ0) is 21.9. The second kappa shape index (κ2) is 8.99. The first-order valence-corrected chi connectivity index (χ1v) is 14.0. The minimum atomic E-state index is -1.16. The van der Waals surface area contributed by atoms with Gasteiger partial charge in [-0.05, 0) is 31.7 Å². The first-order valence-electron chi connectivity index (χ1n) is 10.3. The molecule has 3 rings (SSSR count). The van der Waals surface area contributed by atoms with Crippen molar-refractivity contribution >= 4 is 25.1 Å². The van der Waals surface area contributed by atoms with E-state index in [-0.39, 0.29) is 24.5 Å². The molecule has 0 amide bonds. The van der Waals surface area contributed by atoms with Crippen LogP contribution in [0.5, 0.6) is 5.88 Å². The first-order chi connectivity index (χ1) is 14.2. The number of aromatic hydroxyl groups is 1. The third-order valence-electron chi connectivity index (χ3n) is 5.81. The summed E-state index contributed by atoms with van der Waals surface area (Å²) in [7, 11) is 1.74. The van der Waals surface area contributed by atoms with Crippen LogP contribution in [0.2, 0.25) is 25.7 Å². The highest BCUT2D eigenvalue weighted by atomic mass is 28.3. The third-order valence-corrected chi connectivity index (χ3v) is 7.51. The van der Waals surface area contributed by atoms with Gasteiger partial charge in [-0.1, -0.05) is 19.6 Å². The summed E-state index contributed by atoms with van der Waals surface area (Å²) in [4.78, 5) is 21.1. The fourth-order valence-electron chi connectivity index (χ4n) is 3.78. The molecule has 10 heteroatoms. The molecule has 0 radical (unpaired) electrons. The maximum absolute atomic E-state index is 12.1. The Kier molecular flexibility index (Phi) is 6.78. The summed E-state index contributed by atoms with van der Waals surface area (Å²) < 4.78 is 17.9. The van der Waals surface area contributed by atoms with E-state index in [9.17, 15) is 9.90 Å². The molecule has 2 aromatic rings. The third kappa shape index (κ3) is 4.81. The van der Waals surface area contributed by atoms with Gasteiger partial charge >= 0.3 is 5.97 Å². The van der Waals surface area contributed by atoms with Crippen molar-refractivity contribution in [2.75, 3.05) is 20.8 Å². The fraction of sp³-hybridized carbons (Fsp3) is 0.700. The van der Waals surface area contributed by atoms with Crippen molar-refractivity contribution in [1.29, 1.82) is 0 Å². The molecule has 0 aliphatic heterocycles. The number of aromatic nitrogens is 4. The predicted octanol–water partition coefficient (Wildman–Crippen LogP) is 3.06. The average Bonchev–Trinajstić information content (AvgIpc) is 3.13. The van der Waals surface area contributed by atoms with Crippen LogP contribution in [-0.4, -0.2) is 65.3 Å². The van der Waals surface area contributed by atoms with E-state index in [4.69, 9.17) is 14.2 Å². The van der Waals surface area contributed by atoms with Crippen LogP contribution in [-0.2, 0) is 25.7 Å². The van der Waals surface area contributed by atoms with Crippen LogP contribution >= 0.6 is 0 Å². The van der Waals surface area contributed by atoms with Crippen LogP contribution < -0.4 is 0 Å². The largest absolute Gasteiger partial charge is 0.493 e. The summed E-state index contributed by atoms with van der Waals surface area (Å²) >= 11 is 0. The van der Waals surface area contributed by atoms with Crippen LogP contribution in [0.25, 0.3) is 11.0 Å². The second-order valence-electron chi connectivity index (χ2n) is 9.10. The Balaban J connectivity index is 1.74. The number of esters is 1. The lowest BCUT2D eigenvalue weighted by Crippen LogP contribution is -2.44. The van der Waals surface area contributed by atoms with Crippen molar-refractivity contribution < 1.29 is 24.1 Å². The van der Waals surface area contributed by atoms with E-state index >= 15 is 0 Å². The zero-order valence-electron chi connectivity index (χ0n) is 18.5. The van der Waals surface area contributed by atoms with E-state index in [1.165, 1.54) is 14.2 Å². The van der Waals surface area contributed by atoms with E-state index in [1.54, 1.807) is 10.9 Å². The van der Waals surface area contributed by atoms with Crippen molar-refractivity contribution in [3.8, 4) is 5.88 Å². The molecule has 0 atom stereocenters. The lowest BCUT2D eigenvalue weighted by Gasteiger charge is -2.36. The summed E-state index contributed by atoms with van der Waals surface area (Å²) in [5.74, 6) is 0.138. The first kappa shape index (κ1) is 22.6. The summed E-state index contributed by atoms with van der Waals surface area (Å²) in [6.07, 6.45) is 3.91. The van der Waals surface area contributed by atoms with Crippen molar-refractivity contribution in [1.82, 2.24) is 19.7 Å². The summed E-state index contributed by atoms with van der Waals surface area (Å²) in [6.45, 7) is 7.87. The molecule has 0 bridgehead atoms. The molecular formula is C20H32N4O5Si. The van der Waals surface area contributed by atoms with Gasteiger partial charge in [-0.3, -0.25) is 0 Å². The molecule has 166 valence electrons. The number of hydrogen-bond donors (Lipinski definition) is 1. The van der Waals surface area contributed by atoms with E-state index < -0.39 is 13.7 Å². The highest BCUT2D eigenvalue weighted by molar-refractivity contribution is 6.76. The lowest BCUT2D eigenvalue weighted by atomic mass is 9.78. The van der Waals surface area contributed by atoms with Crippen molar-refractivity contribution in [2.45, 2.75) is 69.6 Å². The highest BCUT2D eigenvalue weighted by Gasteiger charge is 2.44.